The zero-order valence-corrected chi connectivity index (χ0v) is 12.3. The highest BCUT2D eigenvalue weighted by atomic mass is 16.5. The normalized spacial score (nSPS) is 24.1. The molecule has 1 atom stereocenters. The van der Waals surface area contributed by atoms with E-state index in [1.807, 2.05) is 16.7 Å². The lowest BCUT2D eigenvalue weighted by molar-refractivity contribution is -0.139. The lowest BCUT2D eigenvalue weighted by Gasteiger charge is -2.33. The maximum Gasteiger partial charge on any atom is 0.239 e. The quantitative estimate of drug-likeness (QED) is 0.761. The summed E-state index contributed by atoms with van der Waals surface area (Å²) in [7, 11) is 0. The summed E-state index contributed by atoms with van der Waals surface area (Å²) in [5, 5.41) is 3.21. The van der Waals surface area contributed by atoms with Crippen LogP contribution in [-0.4, -0.2) is 73.6 Å². The number of nitrogens with zero attached hydrogens (tertiary/aromatic N) is 2. The van der Waals surface area contributed by atoms with E-state index in [1.165, 1.54) is 0 Å². The molecule has 0 aromatic rings. The second-order valence-corrected chi connectivity index (χ2v) is 5.32. The molecule has 2 amide bonds. The Morgan fingerprint density at radius 3 is 2.80 bits per heavy atom. The number of likely N-dealkylation sites (tertiary alicyclic amines) is 1. The first-order valence-electron chi connectivity index (χ1n) is 7.60. The highest BCUT2D eigenvalue weighted by molar-refractivity contribution is 5.83. The fraction of sp³-hybridized carbons (Fsp3) is 0.857. The molecular formula is C14H25N3O3. The van der Waals surface area contributed by atoms with Gasteiger partial charge in [-0.25, -0.2) is 0 Å². The Morgan fingerprint density at radius 2 is 2.10 bits per heavy atom. The van der Waals surface area contributed by atoms with E-state index < -0.39 is 0 Å². The third-order valence-corrected chi connectivity index (χ3v) is 3.94. The van der Waals surface area contributed by atoms with Crippen LogP contribution in [0.2, 0.25) is 0 Å². The van der Waals surface area contributed by atoms with E-state index in [4.69, 9.17) is 4.74 Å². The molecule has 0 bridgehead atoms. The first-order chi connectivity index (χ1) is 9.72. The van der Waals surface area contributed by atoms with Crippen LogP contribution in [0.4, 0.5) is 0 Å². The van der Waals surface area contributed by atoms with Gasteiger partial charge in [0, 0.05) is 32.6 Å². The van der Waals surface area contributed by atoms with Gasteiger partial charge in [0.15, 0.2) is 0 Å². The molecule has 6 nitrogen and oxygen atoms in total. The molecule has 0 saturated carbocycles. The van der Waals surface area contributed by atoms with Crippen molar-refractivity contribution in [2.75, 3.05) is 45.9 Å². The van der Waals surface area contributed by atoms with Crippen LogP contribution in [0.5, 0.6) is 0 Å². The van der Waals surface area contributed by atoms with Gasteiger partial charge in [-0.2, -0.15) is 0 Å². The number of carbonyl (C=O) groups excluding carboxylic acids is 2. The van der Waals surface area contributed by atoms with E-state index in [-0.39, 0.29) is 17.9 Å². The number of hydrogen-bond acceptors (Lipinski definition) is 4. The van der Waals surface area contributed by atoms with Gasteiger partial charge in [0.2, 0.25) is 11.8 Å². The molecule has 0 aliphatic carbocycles. The lowest BCUT2D eigenvalue weighted by atomic mass is 10.0. The molecule has 0 aromatic heterocycles. The molecule has 114 valence electrons. The summed E-state index contributed by atoms with van der Waals surface area (Å²) in [6.45, 7) is 6.71. The van der Waals surface area contributed by atoms with Crippen molar-refractivity contribution >= 4 is 11.8 Å². The number of morpholine rings is 1. The number of amides is 2. The minimum absolute atomic E-state index is 0.0627. The summed E-state index contributed by atoms with van der Waals surface area (Å²) >= 11 is 0. The first kappa shape index (κ1) is 15.3. The summed E-state index contributed by atoms with van der Waals surface area (Å²) in [5.74, 6) is 0.277. The summed E-state index contributed by atoms with van der Waals surface area (Å²) < 4.78 is 5.24. The van der Waals surface area contributed by atoms with Crippen molar-refractivity contribution in [1.29, 1.82) is 0 Å². The van der Waals surface area contributed by atoms with E-state index >= 15 is 0 Å². The van der Waals surface area contributed by atoms with Gasteiger partial charge in [-0.05, 0) is 19.4 Å². The third kappa shape index (κ3) is 3.93. The second kappa shape index (κ2) is 7.59. The van der Waals surface area contributed by atoms with Crippen molar-refractivity contribution < 1.29 is 14.3 Å². The van der Waals surface area contributed by atoms with Crippen LogP contribution in [0.1, 0.15) is 26.2 Å². The molecule has 0 spiro atoms. The Labute approximate surface area is 120 Å². The number of carbonyl (C=O) groups is 2. The van der Waals surface area contributed by atoms with Gasteiger partial charge in [-0.15, -0.1) is 0 Å². The van der Waals surface area contributed by atoms with E-state index in [1.54, 1.807) is 0 Å². The Bertz CT molecular complexity index is 341. The number of hydrogen-bond donors (Lipinski definition) is 1. The zero-order chi connectivity index (χ0) is 14.4. The molecule has 0 aromatic carbocycles. The lowest BCUT2D eigenvalue weighted by Crippen LogP contribution is -2.51. The minimum atomic E-state index is -0.0627. The highest BCUT2D eigenvalue weighted by Gasteiger charge is 2.28. The zero-order valence-electron chi connectivity index (χ0n) is 12.3. The van der Waals surface area contributed by atoms with Gasteiger partial charge in [-0.1, -0.05) is 6.92 Å². The number of likely N-dealkylation sites (N-methyl/N-ethyl adjacent to an activating group) is 1. The molecule has 2 aliphatic heterocycles. The number of rotatable bonds is 5. The van der Waals surface area contributed by atoms with Crippen molar-refractivity contribution in [2.45, 2.75) is 32.2 Å². The van der Waals surface area contributed by atoms with Crippen molar-refractivity contribution in [3.63, 3.8) is 0 Å². The van der Waals surface area contributed by atoms with Gasteiger partial charge >= 0.3 is 0 Å². The monoisotopic (exact) mass is 283 g/mol. The molecule has 2 aliphatic rings. The van der Waals surface area contributed by atoms with Crippen molar-refractivity contribution in [3.05, 3.63) is 0 Å². The van der Waals surface area contributed by atoms with Crippen LogP contribution < -0.4 is 5.32 Å². The Kier molecular flexibility index (Phi) is 5.79. The van der Waals surface area contributed by atoms with Gasteiger partial charge in [0.1, 0.15) is 0 Å². The highest BCUT2D eigenvalue weighted by Crippen LogP contribution is 2.12. The maximum absolute atomic E-state index is 12.2. The standard InChI is InChI=1S/C14H25N3O3/c1-2-15-12-4-3-6-17(14(12)19)7-5-13(18)16-8-10-20-11-9-16/h12,15H,2-11H2,1H3. The Balaban J connectivity index is 1.77. The second-order valence-electron chi connectivity index (χ2n) is 5.32. The third-order valence-electron chi connectivity index (χ3n) is 3.94. The minimum Gasteiger partial charge on any atom is -0.378 e. The molecule has 6 heteroatoms. The maximum atomic E-state index is 12.2. The summed E-state index contributed by atoms with van der Waals surface area (Å²) in [4.78, 5) is 28.0. The van der Waals surface area contributed by atoms with Gasteiger partial charge in [-0.3, -0.25) is 9.59 Å². The number of piperidine rings is 1. The smallest absolute Gasteiger partial charge is 0.239 e. The molecular weight excluding hydrogens is 258 g/mol. The fourth-order valence-corrected chi connectivity index (χ4v) is 2.80. The van der Waals surface area contributed by atoms with Crippen LogP contribution in [0, 0.1) is 0 Å². The van der Waals surface area contributed by atoms with Gasteiger partial charge < -0.3 is 19.9 Å². The Hall–Kier alpha value is -1.14. The number of ether oxygens (including phenoxy) is 1. The van der Waals surface area contributed by atoms with Crippen LogP contribution in [-0.2, 0) is 14.3 Å². The average Bonchev–Trinajstić information content (AvgIpc) is 2.49. The van der Waals surface area contributed by atoms with E-state index in [2.05, 4.69) is 5.32 Å². The molecule has 2 saturated heterocycles. The van der Waals surface area contributed by atoms with Crippen molar-refractivity contribution in [3.8, 4) is 0 Å². The summed E-state index contributed by atoms with van der Waals surface area (Å²) in [6, 6.07) is -0.0627. The Morgan fingerprint density at radius 1 is 1.35 bits per heavy atom. The molecule has 0 radical (unpaired) electrons. The molecule has 1 N–H and O–H groups in total. The van der Waals surface area contributed by atoms with Crippen molar-refractivity contribution in [2.24, 2.45) is 0 Å². The first-order valence-corrected chi connectivity index (χ1v) is 7.60. The topological polar surface area (TPSA) is 61.9 Å². The molecule has 2 fully saturated rings. The molecule has 20 heavy (non-hydrogen) atoms. The van der Waals surface area contributed by atoms with Gasteiger partial charge in [0.05, 0.1) is 19.3 Å². The average molecular weight is 283 g/mol. The van der Waals surface area contributed by atoms with Crippen LogP contribution >= 0.6 is 0 Å². The van der Waals surface area contributed by atoms with E-state index in [0.717, 1.165) is 25.9 Å². The van der Waals surface area contributed by atoms with Crippen LogP contribution in [0.25, 0.3) is 0 Å². The SMILES string of the molecule is CCNC1CCCN(CCC(=O)N2CCOCC2)C1=O. The van der Waals surface area contributed by atoms with Crippen LogP contribution in [0.3, 0.4) is 0 Å². The van der Waals surface area contributed by atoms with E-state index in [0.29, 0.717) is 39.3 Å². The van der Waals surface area contributed by atoms with E-state index in [9.17, 15) is 9.59 Å². The summed E-state index contributed by atoms with van der Waals surface area (Å²) in [5.41, 5.74) is 0. The van der Waals surface area contributed by atoms with Crippen LogP contribution in [0.15, 0.2) is 0 Å². The fourth-order valence-electron chi connectivity index (χ4n) is 2.80. The molecule has 2 rings (SSSR count). The predicted molar refractivity (Wildman–Crippen MR) is 75.3 cm³/mol. The van der Waals surface area contributed by atoms with Crippen molar-refractivity contribution in [1.82, 2.24) is 15.1 Å². The van der Waals surface area contributed by atoms with Gasteiger partial charge in [0.25, 0.3) is 0 Å². The molecule has 2 heterocycles. The number of nitrogens with one attached hydrogen (secondary N) is 1. The molecule has 1 unspecified atom stereocenters. The summed E-state index contributed by atoms with van der Waals surface area (Å²) in [6.07, 6.45) is 2.33. The predicted octanol–water partition coefficient (Wildman–Crippen LogP) is -0.164. The largest absolute Gasteiger partial charge is 0.378 e.